The Kier molecular flexibility index (Phi) is 5.65. The van der Waals surface area contributed by atoms with Crippen molar-refractivity contribution in [3.63, 3.8) is 0 Å². The van der Waals surface area contributed by atoms with Gasteiger partial charge in [-0.25, -0.2) is 9.59 Å². The highest BCUT2D eigenvalue weighted by molar-refractivity contribution is 14.1. The van der Waals surface area contributed by atoms with E-state index in [9.17, 15) is 9.59 Å². The van der Waals surface area contributed by atoms with Crippen LogP contribution in [0, 0.1) is 3.57 Å². The number of carbonyl (C=O) groups is 2. The van der Waals surface area contributed by atoms with E-state index in [1.54, 1.807) is 18.2 Å². The van der Waals surface area contributed by atoms with Crippen molar-refractivity contribution in [3.05, 3.63) is 26.8 Å². The normalized spacial score (nSPS) is 21.0. The number of benzene rings is 1. The molecule has 2 unspecified atom stereocenters. The van der Waals surface area contributed by atoms with Gasteiger partial charge in [0.15, 0.2) is 6.10 Å². The first-order valence-electron chi connectivity index (χ1n) is 6.34. The van der Waals surface area contributed by atoms with E-state index in [-0.39, 0.29) is 18.7 Å². The Morgan fingerprint density at radius 3 is 2.81 bits per heavy atom. The number of amides is 2. The Morgan fingerprint density at radius 2 is 2.19 bits per heavy atom. The molecule has 6 nitrogen and oxygen atoms in total. The number of anilines is 1. The number of hydrogen-bond donors (Lipinski definition) is 3. The molecule has 114 valence electrons. The summed E-state index contributed by atoms with van der Waals surface area (Å²) in [6, 6.07) is 4.79. The van der Waals surface area contributed by atoms with Crippen LogP contribution in [0.25, 0.3) is 0 Å². The molecule has 1 aromatic carbocycles. The molecule has 0 bridgehead atoms. The maximum absolute atomic E-state index is 11.8. The summed E-state index contributed by atoms with van der Waals surface area (Å²) in [5, 5.41) is 14.8. The molecule has 1 saturated heterocycles. The number of hydrogen-bond acceptors (Lipinski definition) is 3. The molecule has 0 saturated carbocycles. The number of aliphatic carboxylic acids is 1. The minimum Gasteiger partial charge on any atom is -0.479 e. The van der Waals surface area contributed by atoms with Gasteiger partial charge in [0.2, 0.25) is 0 Å². The number of nitrogens with one attached hydrogen (secondary N) is 2. The molecular weight excluding hydrogens is 411 g/mol. The quantitative estimate of drug-likeness (QED) is 0.649. The lowest BCUT2D eigenvalue weighted by atomic mass is 10.2. The van der Waals surface area contributed by atoms with Crippen molar-refractivity contribution in [2.75, 3.05) is 11.9 Å². The number of urea groups is 1. The second-order valence-electron chi connectivity index (χ2n) is 4.62. The third-order valence-corrected chi connectivity index (χ3v) is 4.18. The van der Waals surface area contributed by atoms with Crippen LogP contribution in [0.1, 0.15) is 12.8 Å². The summed E-state index contributed by atoms with van der Waals surface area (Å²) >= 11 is 7.92. The van der Waals surface area contributed by atoms with Crippen molar-refractivity contribution >= 4 is 51.9 Å². The lowest BCUT2D eigenvalue weighted by molar-refractivity contribution is -0.149. The Morgan fingerprint density at radius 1 is 1.43 bits per heavy atom. The zero-order valence-electron chi connectivity index (χ0n) is 10.9. The Hall–Kier alpha value is -1.06. The summed E-state index contributed by atoms with van der Waals surface area (Å²) < 4.78 is 6.13. The number of ether oxygens (including phenoxy) is 1. The van der Waals surface area contributed by atoms with E-state index in [4.69, 9.17) is 21.4 Å². The molecule has 3 N–H and O–H groups in total. The van der Waals surface area contributed by atoms with E-state index in [2.05, 4.69) is 33.2 Å². The fraction of sp³-hybridized carbons (Fsp3) is 0.385. The highest BCUT2D eigenvalue weighted by atomic mass is 127. The average Bonchev–Trinajstić information content (AvgIpc) is 2.89. The Balaban J connectivity index is 1.79. The maximum Gasteiger partial charge on any atom is 0.332 e. The first-order chi connectivity index (χ1) is 9.95. The van der Waals surface area contributed by atoms with Crippen LogP contribution in [0.2, 0.25) is 5.02 Å². The molecule has 1 aromatic rings. The summed E-state index contributed by atoms with van der Waals surface area (Å²) in [7, 11) is 0. The van der Waals surface area contributed by atoms with Crippen molar-refractivity contribution in [1.29, 1.82) is 0 Å². The van der Waals surface area contributed by atoms with Crippen molar-refractivity contribution in [1.82, 2.24) is 5.32 Å². The van der Waals surface area contributed by atoms with Gasteiger partial charge in [0.05, 0.1) is 11.8 Å². The zero-order valence-corrected chi connectivity index (χ0v) is 13.8. The molecule has 2 atom stereocenters. The first-order valence-corrected chi connectivity index (χ1v) is 7.79. The molecule has 21 heavy (non-hydrogen) atoms. The number of carbonyl (C=O) groups excluding carboxylic acids is 1. The Bertz CT molecular complexity index is 555. The number of carboxylic acids is 1. The van der Waals surface area contributed by atoms with Crippen LogP contribution in [0.15, 0.2) is 18.2 Å². The molecule has 0 aliphatic carbocycles. The molecule has 1 aliphatic heterocycles. The second kappa shape index (κ2) is 7.28. The van der Waals surface area contributed by atoms with Crippen molar-refractivity contribution in [2.24, 2.45) is 0 Å². The van der Waals surface area contributed by atoms with Crippen molar-refractivity contribution in [3.8, 4) is 0 Å². The molecular formula is C13H14ClIN2O4. The molecule has 1 aliphatic rings. The Labute approximate surface area is 140 Å². The second-order valence-corrected chi connectivity index (χ2v) is 6.22. The largest absolute Gasteiger partial charge is 0.479 e. The lowest BCUT2D eigenvalue weighted by Crippen LogP contribution is -2.36. The standard InChI is InChI=1S/C13H14ClIN2O4/c14-7-1-3-10(9(15)5-7)17-13(20)16-6-8-2-4-11(21-8)12(18)19/h1,3,5,8,11H,2,4,6H2,(H,18,19)(H2,16,17,20). The van der Waals surface area contributed by atoms with Crippen LogP contribution >= 0.6 is 34.2 Å². The SMILES string of the molecule is O=C(NCC1CCC(C(=O)O)O1)Nc1ccc(Cl)cc1I. The first kappa shape index (κ1) is 16.3. The molecule has 0 radical (unpaired) electrons. The minimum absolute atomic E-state index is 0.263. The molecule has 2 amide bonds. The van der Waals surface area contributed by atoms with Gasteiger partial charge in [-0.2, -0.15) is 0 Å². The highest BCUT2D eigenvalue weighted by Gasteiger charge is 2.30. The molecule has 2 rings (SSSR count). The van der Waals surface area contributed by atoms with Crippen molar-refractivity contribution < 1.29 is 19.4 Å². The van der Waals surface area contributed by atoms with Crippen LogP contribution in [-0.2, 0) is 9.53 Å². The predicted octanol–water partition coefficient (Wildman–Crippen LogP) is 2.70. The number of halogens is 2. The molecule has 1 heterocycles. The summed E-state index contributed by atoms with van der Waals surface area (Å²) in [6.07, 6.45) is 0.0619. The van der Waals surface area contributed by atoms with Gasteiger partial charge in [-0.3, -0.25) is 0 Å². The van der Waals surface area contributed by atoms with Gasteiger partial charge in [-0.15, -0.1) is 0 Å². The van der Waals surface area contributed by atoms with Crippen LogP contribution in [-0.4, -0.2) is 35.9 Å². The smallest absolute Gasteiger partial charge is 0.332 e. The van der Waals surface area contributed by atoms with E-state index in [1.807, 2.05) is 0 Å². The molecule has 0 spiro atoms. The average molecular weight is 425 g/mol. The van der Waals surface area contributed by atoms with Crippen LogP contribution in [0.4, 0.5) is 10.5 Å². The summed E-state index contributed by atoms with van der Waals surface area (Å²) in [5.74, 6) is -0.960. The van der Waals surface area contributed by atoms with Crippen molar-refractivity contribution in [2.45, 2.75) is 25.0 Å². The highest BCUT2D eigenvalue weighted by Crippen LogP contribution is 2.22. The number of rotatable bonds is 4. The van der Waals surface area contributed by atoms with Crippen LogP contribution in [0.3, 0.4) is 0 Å². The van der Waals surface area contributed by atoms with E-state index >= 15 is 0 Å². The van der Waals surface area contributed by atoms with E-state index < -0.39 is 12.1 Å². The number of carboxylic acid groups (broad SMARTS) is 1. The topological polar surface area (TPSA) is 87.7 Å². The fourth-order valence-corrected chi connectivity index (χ4v) is 3.01. The van der Waals surface area contributed by atoms with E-state index in [0.717, 1.165) is 3.57 Å². The molecule has 0 aromatic heterocycles. The minimum atomic E-state index is -0.960. The molecule has 8 heteroatoms. The summed E-state index contributed by atoms with van der Waals surface area (Å²) in [4.78, 5) is 22.5. The van der Waals surface area contributed by atoms with Gasteiger partial charge in [0.25, 0.3) is 0 Å². The van der Waals surface area contributed by atoms with E-state index in [1.165, 1.54) is 0 Å². The van der Waals surface area contributed by atoms with Gasteiger partial charge in [-0.1, -0.05) is 11.6 Å². The third kappa shape index (κ3) is 4.72. The van der Waals surface area contributed by atoms with Gasteiger partial charge in [0, 0.05) is 15.1 Å². The van der Waals surface area contributed by atoms with E-state index in [0.29, 0.717) is 23.6 Å². The lowest BCUT2D eigenvalue weighted by Gasteiger charge is -2.13. The summed E-state index contributed by atoms with van der Waals surface area (Å²) in [5.41, 5.74) is 0.660. The predicted molar refractivity (Wildman–Crippen MR) is 86.7 cm³/mol. The maximum atomic E-state index is 11.8. The molecule has 1 fully saturated rings. The monoisotopic (exact) mass is 424 g/mol. The van der Waals surface area contributed by atoms with Crippen LogP contribution < -0.4 is 10.6 Å². The third-order valence-electron chi connectivity index (χ3n) is 3.05. The zero-order chi connectivity index (χ0) is 15.4. The summed E-state index contributed by atoms with van der Waals surface area (Å²) in [6.45, 7) is 0.278. The van der Waals surface area contributed by atoms with Crippen LogP contribution in [0.5, 0.6) is 0 Å². The van der Waals surface area contributed by atoms with Gasteiger partial charge < -0.3 is 20.5 Å². The van der Waals surface area contributed by atoms with Gasteiger partial charge in [0.1, 0.15) is 0 Å². The fourth-order valence-electron chi connectivity index (χ4n) is 2.00. The van der Waals surface area contributed by atoms with Gasteiger partial charge in [-0.05, 0) is 53.6 Å². The van der Waals surface area contributed by atoms with Gasteiger partial charge >= 0.3 is 12.0 Å².